The zero-order chi connectivity index (χ0) is 23.2. The zero-order valence-corrected chi connectivity index (χ0v) is 20.3. The summed E-state index contributed by atoms with van der Waals surface area (Å²) in [6.07, 6.45) is 21.7. The van der Waals surface area contributed by atoms with Crippen LogP contribution in [0, 0.1) is 10.8 Å². The summed E-state index contributed by atoms with van der Waals surface area (Å²) in [6.45, 7) is 5.75. The summed E-state index contributed by atoms with van der Waals surface area (Å²) >= 11 is 0. The molecule has 1 aromatic carbocycles. The Hall–Kier alpha value is -1.87. The van der Waals surface area contributed by atoms with Crippen molar-refractivity contribution in [2.24, 2.45) is 0 Å². The zero-order valence-electron chi connectivity index (χ0n) is 19.5. The number of aryl methyl sites for hydroxylation is 1. The highest BCUT2D eigenvalue weighted by molar-refractivity contribution is 7.92. The molecule has 176 valence electrons. The molecule has 5 nitrogen and oxygen atoms in total. The first-order valence-corrected chi connectivity index (χ1v) is 13.6. The molecule has 0 fully saturated rings. The monoisotopic (exact) mass is 449 g/mol. The third kappa shape index (κ3) is 17.5. The van der Waals surface area contributed by atoms with Gasteiger partial charge in [0, 0.05) is 16.5 Å². The van der Waals surface area contributed by atoms with E-state index in [4.69, 9.17) is 10.8 Å². The van der Waals surface area contributed by atoms with E-state index in [2.05, 4.69) is 18.2 Å². The Morgan fingerprint density at radius 1 is 0.774 bits per heavy atom. The van der Waals surface area contributed by atoms with Crippen LogP contribution in [0.3, 0.4) is 0 Å². The number of anilines is 1. The van der Waals surface area contributed by atoms with Crippen molar-refractivity contribution in [3.63, 3.8) is 0 Å². The smallest absolute Gasteiger partial charge is 0.236 e. The van der Waals surface area contributed by atoms with Gasteiger partial charge in [-0.15, -0.1) is 6.58 Å². The second kappa shape index (κ2) is 20.1. The first-order valence-electron chi connectivity index (χ1n) is 12.0. The van der Waals surface area contributed by atoms with Crippen molar-refractivity contribution in [3.05, 3.63) is 42.5 Å². The lowest BCUT2D eigenvalue weighted by molar-refractivity contribution is 0.535. The molecular weight excluding hydrogens is 406 g/mol. The largest absolute Gasteiger partial charge is 0.283 e. The summed E-state index contributed by atoms with van der Waals surface area (Å²) in [5, 5.41) is 12.0. The number of sulfonamides is 1. The Balaban J connectivity index is 0.00000436. The third-order valence-corrected chi connectivity index (χ3v) is 6.60. The second-order valence-electron chi connectivity index (χ2n) is 8.22. The molecule has 0 aliphatic heterocycles. The van der Waals surface area contributed by atoms with E-state index in [1.54, 1.807) is 0 Å². The number of nitrogens with zero attached hydrogens (tertiary/aromatic N) is 2. The Kier molecular flexibility index (Phi) is 18.8. The number of benzene rings is 1. The fraction of sp³-hybridized carbons (Fsp3) is 0.680. The highest BCUT2D eigenvalue weighted by Gasteiger charge is 2.07. The van der Waals surface area contributed by atoms with Crippen molar-refractivity contribution in [1.82, 2.24) is 0 Å². The van der Waals surface area contributed by atoms with Crippen LogP contribution in [-0.2, 0) is 16.4 Å². The molecule has 6 heteroatoms. The average Bonchev–Trinajstić information content (AvgIpc) is 2.76. The Bertz CT molecular complexity index is 670. The van der Waals surface area contributed by atoms with E-state index in [9.17, 15) is 8.42 Å². The molecule has 0 unspecified atom stereocenters. The van der Waals surface area contributed by atoms with E-state index >= 15 is 0 Å². The van der Waals surface area contributed by atoms with Crippen LogP contribution in [0.1, 0.15) is 102 Å². The van der Waals surface area contributed by atoms with E-state index < -0.39 is 10.0 Å². The van der Waals surface area contributed by atoms with Gasteiger partial charge >= 0.3 is 0 Å². The molecular formula is C25H43N3O2S. The van der Waals surface area contributed by atoms with E-state index in [1.165, 1.54) is 102 Å². The van der Waals surface area contributed by atoms with E-state index in [0.717, 1.165) is 6.42 Å². The van der Waals surface area contributed by atoms with Crippen LogP contribution in [0.2, 0.25) is 0 Å². The molecule has 1 rings (SSSR count). The van der Waals surface area contributed by atoms with Crippen molar-refractivity contribution in [1.29, 1.82) is 10.8 Å². The molecule has 0 heterocycles. The SMILES string of the molecule is C=CCS(=O)(=O)Nc1ccc(CCCCCCCCCCCCCCCC)cc1.N#N. The minimum Gasteiger partial charge on any atom is -0.283 e. The van der Waals surface area contributed by atoms with Gasteiger partial charge in [0.2, 0.25) is 10.0 Å². The molecule has 0 atom stereocenters. The summed E-state index contributed by atoms with van der Waals surface area (Å²) in [5.41, 5.74) is 1.90. The molecule has 0 amide bonds. The van der Waals surface area contributed by atoms with E-state index in [1.807, 2.05) is 24.3 Å². The van der Waals surface area contributed by atoms with Gasteiger partial charge in [-0.25, -0.2) is 8.42 Å². The van der Waals surface area contributed by atoms with Crippen LogP contribution in [0.25, 0.3) is 0 Å². The molecule has 0 bridgehead atoms. The molecule has 0 radical (unpaired) electrons. The summed E-state index contributed by atoms with van der Waals surface area (Å²) < 4.78 is 26.0. The topological polar surface area (TPSA) is 93.8 Å². The van der Waals surface area contributed by atoms with Crippen molar-refractivity contribution in [2.75, 3.05) is 10.5 Å². The fourth-order valence-electron chi connectivity index (χ4n) is 3.64. The minimum absolute atomic E-state index is 0.0617. The van der Waals surface area contributed by atoms with Gasteiger partial charge in [0.05, 0.1) is 5.75 Å². The van der Waals surface area contributed by atoms with Gasteiger partial charge in [-0.2, -0.15) is 0 Å². The van der Waals surface area contributed by atoms with Gasteiger partial charge in [-0.3, -0.25) is 4.72 Å². The summed E-state index contributed by atoms with van der Waals surface area (Å²) in [4.78, 5) is 0. The van der Waals surface area contributed by atoms with Gasteiger partial charge in [0.15, 0.2) is 0 Å². The van der Waals surface area contributed by atoms with Crippen LogP contribution in [0.5, 0.6) is 0 Å². The first kappa shape index (κ1) is 29.1. The first-order chi connectivity index (χ1) is 15.1. The summed E-state index contributed by atoms with van der Waals surface area (Å²) in [6, 6.07) is 7.74. The molecule has 31 heavy (non-hydrogen) atoms. The predicted molar refractivity (Wildman–Crippen MR) is 132 cm³/mol. The number of hydrogen-bond donors (Lipinski definition) is 1. The number of nitrogens with one attached hydrogen (secondary N) is 1. The van der Waals surface area contributed by atoms with Gasteiger partial charge in [0.25, 0.3) is 0 Å². The van der Waals surface area contributed by atoms with Crippen molar-refractivity contribution in [3.8, 4) is 0 Å². The Morgan fingerprint density at radius 2 is 1.19 bits per heavy atom. The third-order valence-electron chi connectivity index (χ3n) is 5.38. The molecule has 0 aliphatic rings. The highest BCUT2D eigenvalue weighted by atomic mass is 32.2. The predicted octanol–water partition coefficient (Wildman–Crippen LogP) is 7.67. The lowest BCUT2D eigenvalue weighted by atomic mass is 10.0. The Morgan fingerprint density at radius 3 is 1.61 bits per heavy atom. The van der Waals surface area contributed by atoms with Crippen LogP contribution >= 0.6 is 0 Å². The lowest BCUT2D eigenvalue weighted by Gasteiger charge is -2.07. The molecule has 1 aromatic rings. The molecule has 0 aliphatic carbocycles. The van der Waals surface area contributed by atoms with E-state index in [0.29, 0.717) is 5.69 Å². The minimum atomic E-state index is -3.31. The number of rotatable bonds is 19. The molecule has 0 aromatic heterocycles. The lowest BCUT2D eigenvalue weighted by Crippen LogP contribution is -2.15. The number of hydrogen-bond acceptors (Lipinski definition) is 4. The van der Waals surface area contributed by atoms with Crippen molar-refractivity contribution < 1.29 is 8.42 Å². The molecule has 0 saturated carbocycles. The maximum Gasteiger partial charge on any atom is 0.236 e. The van der Waals surface area contributed by atoms with Crippen molar-refractivity contribution in [2.45, 2.75) is 103 Å². The molecule has 0 spiro atoms. The van der Waals surface area contributed by atoms with Gasteiger partial charge in [-0.05, 0) is 30.5 Å². The van der Waals surface area contributed by atoms with Crippen LogP contribution < -0.4 is 4.72 Å². The van der Waals surface area contributed by atoms with Gasteiger partial charge < -0.3 is 0 Å². The van der Waals surface area contributed by atoms with Gasteiger partial charge in [0.1, 0.15) is 0 Å². The van der Waals surface area contributed by atoms with Crippen LogP contribution in [0.15, 0.2) is 36.9 Å². The maximum atomic E-state index is 11.7. The quantitative estimate of drug-likeness (QED) is 0.133. The second-order valence-corrected chi connectivity index (χ2v) is 9.98. The highest BCUT2D eigenvalue weighted by Crippen LogP contribution is 2.16. The molecule has 1 N–H and O–H groups in total. The maximum absolute atomic E-state index is 11.7. The van der Waals surface area contributed by atoms with Crippen LogP contribution in [0.4, 0.5) is 5.69 Å². The van der Waals surface area contributed by atoms with Crippen LogP contribution in [-0.4, -0.2) is 14.2 Å². The standard InChI is InChI=1S/C25H43NO2S.N2/c1-3-5-6-7-8-9-10-11-12-13-14-15-16-17-18-24-19-21-25(22-20-24)26-29(27,28)23-4-2;1-2/h4,19-22,26H,2-3,5-18,23H2,1H3;. The van der Waals surface area contributed by atoms with Crippen molar-refractivity contribution >= 4 is 15.7 Å². The summed E-state index contributed by atoms with van der Waals surface area (Å²) in [5.74, 6) is -0.0617. The summed E-state index contributed by atoms with van der Waals surface area (Å²) in [7, 11) is -3.31. The number of unbranched alkanes of at least 4 members (excludes halogenated alkanes) is 13. The van der Waals surface area contributed by atoms with E-state index in [-0.39, 0.29) is 5.75 Å². The fourth-order valence-corrected chi connectivity index (χ4v) is 4.53. The Labute approximate surface area is 191 Å². The normalized spacial score (nSPS) is 10.8. The van der Waals surface area contributed by atoms with Gasteiger partial charge in [-0.1, -0.05) is 109 Å². The average molecular weight is 450 g/mol. The molecule has 0 saturated heterocycles.